The van der Waals surface area contributed by atoms with E-state index < -0.39 is 0 Å². The van der Waals surface area contributed by atoms with Gasteiger partial charge in [0, 0.05) is 19.7 Å². The molecule has 3 nitrogen and oxygen atoms in total. The maximum absolute atomic E-state index is 6.14. The number of ether oxygens (including phenoxy) is 2. The number of hydrogen-bond donors (Lipinski definition) is 1. The molecule has 1 aliphatic heterocycles. The van der Waals surface area contributed by atoms with E-state index in [0.717, 1.165) is 31.9 Å². The summed E-state index contributed by atoms with van der Waals surface area (Å²) in [5.74, 6) is 0.752. The van der Waals surface area contributed by atoms with Crippen LogP contribution in [0.15, 0.2) is 18.2 Å². The second kappa shape index (κ2) is 6.98. The van der Waals surface area contributed by atoms with Gasteiger partial charge in [0.25, 0.3) is 0 Å². The number of nitrogens with one attached hydrogen (secondary N) is 1. The van der Waals surface area contributed by atoms with E-state index in [1.807, 2.05) is 25.1 Å². The van der Waals surface area contributed by atoms with E-state index in [1.165, 1.54) is 12.0 Å². The number of benzene rings is 1. The summed E-state index contributed by atoms with van der Waals surface area (Å²) in [4.78, 5) is 0. The van der Waals surface area contributed by atoms with Crippen LogP contribution in [0.4, 0.5) is 0 Å². The molecular weight excluding hydrogens is 250 g/mol. The van der Waals surface area contributed by atoms with E-state index in [4.69, 9.17) is 21.1 Å². The minimum atomic E-state index is 0.378. The largest absolute Gasteiger partial charge is 0.492 e. The Balaban J connectivity index is 1.80. The summed E-state index contributed by atoms with van der Waals surface area (Å²) < 4.78 is 11.0. The molecule has 1 aliphatic rings. The molecule has 1 atom stereocenters. The first-order valence-corrected chi connectivity index (χ1v) is 6.91. The van der Waals surface area contributed by atoms with Crippen molar-refractivity contribution in [3.8, 4) is 5.75 Å². The molecule has 0 saturated carbocycles. The molecule has 2 rings (SSSR count). The van der Waals surface area contributed by atoms with Gasteiger partial charge in [-0.25, -0.2) is 0 Å². The summed E-state index contributed by atoms with van der Waals surface area (Å²) >= 11 is 6.14. The molecule has 0 spiro atoms. The lowest BCUT2D eigenvalue weighted by molar-refractivity contribution is 0.110. The molecule has 0 aliphatic carbocycles. The van der Waals surface area contributed by atoms with E-state index in [0.29, 0.717) is 17.7 Å². The molecule has 1 fully saturated rings. The van der Waals surface area contributed by atoms with Crippen molar-refractivity contribution in [2.45, 2.75) is 32.4 Å². The molecule has 1 saturated heterocycles. The maximum Gasteiger partial charge on any atom is 0.137 e. The summed E-state index contributed by atoms with van der Waals surface area (Å²) in [6, 6.07) is 5.92. The van der Waals surface area contributed by atoms with E-state index in [1.54, 1.807) is 0 Å². The minimum absolute atomic E-state index is 0.378. The Hall–Kier alpha value is -0.770. The van der Waals surface area contributed by atoms with Crippen LogP contribution in [0.3, 0.4) is 0 Å². The van der Waals surface area contributed by atoms with Gasteiger partial charge in [-0.1, -0.05) is 17.7 Å². The van der Waals surface area contributed by atoms with Gasteiger partial charge in [-0.3, -0.25) is 0 Å². The smallest absolute Gasteiger partial charge is 0.137 e. The van der Waals surface area contributed by atoms with Crippen LogP contribution in [0, 0.1) is 0 Å². The first-order chi connectivity index (χ1) is 8.79. The second-order valence-electron chi connectivity index (χ2n) is 4.46. The standard InChI is InChI=1S/C14H20ClNO2/c1-2-17-14-6-5-11(8-13(14)15)9-16-10-12-4-3-7-18-12/h5-6,8,12,16H,2-4,7,9-10H2,1H3/t12-/m1/s1. The summed E-state index contributed by atoms with van der Waals surface area (Å²) in [7, 11) is 0. The van der Waals surface area contributed by atoms with Crippen LogP contribution in [0.1, 0.15) is 25.3 Å². The fourth-order valence-electron chi connectivity index (χ4n) is 2.11. The normalized spacial score (nSPS) is 19.1. The Morgan fingerprint density at radius 1 is 1.50 bits per heavy atom. The lowest BCUT2D eigenvalue weighted by atomic mass is 10.2. The van der Waals surface area contributed by atoms with E-state index in [2.05, 4.69) is 5.32 Å². The molecule has 0 radical (unpaired) electrons. The average molecular weight is 270 g/mol. The Labute approximate surface area is 113 Å². The third-order valence-electron chi connectivity index (χ3n) is 3.02. The van der Waals surface area contributed by atoms with Gasteiger partial charge in [-0.2, -0.15) is 0 Å². The van der Waals surface area contributed by atoms with Crippen LogP contribution < -0.4 is 10.1 Å². The predicted octanol–water partition coefficient (Wildman–Crippen LogP) is 3.01. The van der Waals surface area contributed by atoms with Crippen LogP contribution in [0.2, 0.25) is 5.02 Å². The molecule has 18 heavy (non-hydrogen) atoms. The zero-order valence-electron chi connectivity index (χ0n) is 10.7. The van der Waals surface area contributed by atoms with Gasteiger partial charge in [0.05, 0.1) is 17.7 Å². The van der Waals surface area contributed by atoms with Crippen LogP contribution in [0.25, 0.3) is 0 Å². The second-order valence-corrected chi connectivity index (χ2v) is 4.87. The molecule has 0 unspecified atom stereocenters. The lowest BCUT2D eigenvalue weighted by Crippen LogP contribution is -2.25. The van der Waals surface area contributed by atoms with Gasteiger partial charge in [0.1, 0.15) is 5.75 Å². The first kappa shape index (κ1) is 13.7. The van der Waals surface area contributed by atoms with Gasteiger partial charge < -0.3 is 14.8 Å². The Morgan fingerprint density at radius 3 is 3.06 bits per heavy atom. The third kappa shape index (κ3) is 3.87. The highest BCUT2D eigenvalue weighted by molar-refractivity contribution is 6.32. The van der Waals surface area contributed by atoms with Crippen molar-refractivity contribution >= 4 is 11.6 Å². The van der Waals surface area contributed by atoms with Crippen LogP contribution >= 0.6 is 11.6 Å². The van der Waals surface area contributed by atoms with Crippen molar-refractivity contribution in [1.82, 2.24) is 5.32 Å². The highest BCUT2D eigenvalue weighted by Gasteiger charge is 2.14. The molecule has 0 aromatic heterocycles. The summed E-state index contributed by atoms with van der Waals surface area (Å²) in [5, 5.41) is 4.07. The lowest BCUT2D eigenvalue weighted by Gasteiger charge is -2.12. The predicted molar refractivity (Wildman–Crippen MR) is 73.3 cm³/mol. The summed E-state index contributed by atoms with van der Waals surface area (Å²) in [5.41, 5.74) is 1.17. The average Bonchev–Trinajstić information content (AvgIpc) is 2.86. The number of hydrogen-bond acceptors (Lipinski definition) is 3. The molecule has 100 valence electrons. The van der Waals surface area contributed by atoms with Crippen molar-refractivity contribution in [2.24, 2.45) is 0 Å². The van der Waals surface area contributed by atoms with Crippen molar-refractivity contribution in [2.75, 3.05) is 19.8 Å². The van der Waals surface area contributed by atoms with Crippen LogP contribution in [-0.2, 0) is 11.3 Å². The van der Waals surface area contributed by atoms with Crippen LogP contribution in [-0.4, -0.2) is 25.9 Å². The summed E-state index contributed by atoms with van der Waals surface area (Å²) in [6.45, 7) is 5.21. The zero-order valence-corrected chi connectivity index (χ0v) is 11.5. The van der Waals surface area contributed by atoms with Gasteiger partial charge in [-0.05, 0) is 37.5 Å². The zero-order chi connectivity index (χ0) is 12.8. The van der Waals surface area contributed by atoms with E-state index >= 15 is 0 Å². The fraction of sp³-hybridized carbons (Fsp3) is 0.571. The molecular formula is C14H20ClNO2. The third-order valence-corrected chi connectivity index (χ3v) is 3.32. The molecule has 1 aromatic rings. The Bertz CT molecular complexity index is 378. The van der Waals surface area contributed by atoms with Gasteiger partial charge in [0.15, 0.2) is 0 Å². The first-order valence-electron chi connectivity index (χ1n) is 6.53. The topological polar surface area (TPSA) is 30.5 Å². The minimum Gasteiger partial charge on any atom is -0.492 e. The van der Waals surface area contributed by atoms with Crippen molar-refractivity contribution in [1.29, 1.82) is 0 Å². The Kier molecular flexibility index (Phi) is 5.29. The molecule has 4 heteroatoms. The van der Waals surface area contributed by atoms with E-state index in [-0.39, 0.29) is 0 Å². The fourth-order valence-corrected chi connectivity index (χ4v) is 2.37. The molecule has 1 N–H and O–H groups in total. The van der Waals surface area contributed by atoms with Crippen molar-refractivity contribution in [3.63, 3.8) is 0 Å². The highest BCUT2D eigenvalue weighted by atomic mass is 35.5. The van der Waals surface area contributed by atoms with Crippen LogP contribution in [0.5, 0.6) is 5.75 Å². The summed E-state index contributed by atoms with van der Waals surface area (Å²) in [6.07, 6.45) is 2.72. The SMILES string of the molecule is CCOc1ccc(CNC[C@H]2CCCO2)cc1Cl. The van der Waals surface area contributed by atoms with E-state index in [9.17, 15) is 0 Å². The maximum atomic E-state index is 6.14. The molecule has 0 amide bonds. The number of halogens is 1. The Morgan fingerprint density at radius 2 is 2.39 bits per heavy atom. The van der Waals surface area contributed by atoms with Gasteiger partial charge in [0.2, 0.25) is 0 Å². The quantitative estimate of drug-likeness (QED) is 0.861. The number of rotatable bonds is 6. The molecule has 1 aromatic carbocycles. The van der Waals surface area contributed by atoms with Gasteiger partial charge in [-0.15, -0.1) is 0 Å². The van der Waals surface area contributed by atoms with Gasteiger partial charge >= 0.3 is 0 Å². The highest BCUT2D eigenvalue weighted by Crippen LogP contribution is 2.25. The molecule has 0 bridgehead atoms. The monoisotopic (exact) mass is 269 g/mol. The van der Waals surface area contributed by atoms with Crippen molar-refractivity contribution < 1.29 is 9.47 Å². The molecule has 1 heterocycles. The van der Waals surface area contributed by atoms with Crippen molar-refractivity contribution in [3.05, 3.63) is 28.8 Å².